The maximum Gasteiger partial charge on any atom is 0.187 e. The number of fused-ring (bicyclic) bond motifs is 1. The minimum atomic E-state index is 0.685. The number of hydrogen-bond acceptors (Lipinski definition) is 4. The SMILES string of the molecule is INc1nn[nH]c2ccnc1-2. The fourth-order valence-electron chi connectivity index (χ4n) is 0.854. The molecule has 2 aliphatic heterocycles. The van der Waals surface area contributed by atoms with Crippen LogP contribution in [0, 0.1) is 0 Å². The summed E-state index contributed by atoms with van der Waals surface area (Å²) >= 11 is 1.99. The maximum atomic E-state index is 4.09. The second-order valence-corrected chi connectivity index (χ2v) is 2.50. The molecule has 2 aliphatic rings. The molecule has 0 aliphatic carbocycles. The highest BCUT2D eigenvalue weighted by Crippen LogP contribution is 2.22. The lowest BCUT2D eigenvalue weighted by Crippen LogP contribution is -1.96. The van der Waals surface area contributed by atoms with Crippen molar-refractivity contribution in [2.45, 2.75) is 0 Å². The highest BCUT2D eigenvalue weighted by Gasteiger charge is 2.09. The van der Waals surface area contributed by atoms with Crippen molar-refractivity contribution in [1.29, 1.82) is 0 Å². The minimum absolute atomic E-state index is 0.685. The summed E-state index contributed by atoms with van der Waals surface area (Å²) < 4.78 is 2.87. The van der Waals surface area contributed by atoms with Crippen LogP contribution in [0.5, 0.6) is 0 Å². The maximum absolute atomic E-state index is 4.09. The van der Waals surface area contributed by atoms with Crippen molar-refractivity contribution >= 4 is 28.7 Å². The van der Waals surface area contributed by atoms with E-state index in [4.69, 9.17) is 0 Å². The second kappa shape index (κ2) is 2.61. The van der Waals surface area contributed by atoms with E-state index in [0.717, 1.165) is 11.4 Å². The number of H-pyrrole nitrogens is 1. The van der Waals surface area contributed by atoms with Crippen LogP contribution < -0.4 is 3.53 Å². The van der Waals surface area contributed by atoms with E-state index >= 15 is 0 Å². The van der Waals surface area contributed by atoms with Gasteiger partial charge in [-0.25, -0.2) is 0 Å². The Hall–Kier alpha value is -0.920. The van der Waals surface area contributed by atoms with Gasteiger partial charge in [0.1, 0.15) is 5.69 Å². The summed E-state index contributed by atoms with van der Waals surface area (Å²) in [7, 11) is 0. The van der Waals surface area contributed by atoms with Gasteiger partial charge in [-0.1, -0.05) is 5.21 Å². The minimum Gasteiger partial charge on any atom is -0.310 e. The van der Waals surface area contributed by atoms with Crippen LogP contribution in [-0.4, -0.2) is 20.4 Å². The molecule has 0 aromatic heterocycles. The van der Waals surface area contributed by atoms with Crippen LogP contribution in [0.1, 0.15) is 0 Å². The van der Waals surface area contributed by atoms with Crippen LogP contribution in [0.3, 0.4) is 0 Å². The van der Waals surface area contributed by atoms with E-state index in [1.165, 1.54) is 0 Å². The van der Waals surface area contributed by atoms with Gasteiger partial charge in [-0.2, -0.15) is 0 Å². The third-order valence-electron chi connectivity index (χ3n) is 1.33. The highest BCUT2D eigenvalue weighted by molar-refractivity contribution is 14.1. The van der Waals surface area contributed by atoms with Gasteiger partial charge in [0.05, 0.1) is 28.6 Å². The molecule has 5 nitrogen and oxygen atoms in total. The van der Waals surface area contributed by atoms with Crippen molar-refractivity contribution in [2.24, 2.45) is 0 Å². The van der Waals surface area contributed by atoms with Crippen molar-refractivity contribution in [2.75, 3.05) is 3.53 Å². The Morgan fingerprint density at radius 2 is 2.45 bits per heavy atom. The van der Waals surface area contributed by atoms with E-state index in [1.54, 1.807) is 6.20 Å². The molecule has 2 rings (SSSR count). The normalized spacial score (nSPS) is 10.3. The smallest absolute Gasteiger partial charge is 0.187 e. The van der Waals surface area contributed by atoms with Crippen molar-refractivity contribution in [1.82, 2.24) is 20.4 Å². The van der Waals surface area contributed by atoms with Gasteiger partial charge in [-0.15, -0.1) is 5.10 Å². The Kier molecular flexibility index (Phi) is 1.60. The quantitative estimate of drug-likeness (QED) is 0.595. The number of hydrogen-bond donors (Lipinski definition) is 2. The lowest BCUT2D eigenvalue weighted by atomic mass is 10.3. The van der Waals surface area contributed by atoms with Gasteiger partial charge in [0.2, 0.25) is 0 Å². The summed E-state index contributed by atoms with van der Waals surface area (Å²) in [6.45, 7) is 0. The first kappa shape index (κ1) is 6.77. The molecule has 6 heteroatoms. The molecular weight excluding hydrogens is 257 g/mol. The summed E-state index contributed by atoms with van der Waals surface area (Å²) in [5, 5.41) is 10.2. The highest BCUT2D eigenvalue weighted by atomic mass is 127. The average molecular weight is 261 g/mol. The number of halogens is 1. The molecule has 2 heterocycles. The monoisotopic (exact) mass is 261 g/mol. The van der Waals surface area contributed by atoms with Gasteiger partial charge >= 0.3 is 0 Å². The van der Waals surface area contributed by atoms with Gasteiger partial charge in [0, 0.05) is 6.20 Å². The lowest BCUT2D eigenvalue weighted by molar-refractivity contribution is 0.876. The first-order valence-corrected chi connectivity index (χ1v) is 4.02. The molecule has 2 N–H and O–H groups in total. The van der Waals surface area contributed by atoms with Gasteiger partial charge in [0.25, 0.3) is 0 Å². The number of rotatable bonds is 1. The van der Waals surface area contributed by atoms with E-state index in [1.807, 2.05) is 28.9 Å². The number of anilines is 1. The fourth-order valence-corrected chi connectivity index (χ4v) is 1.22. The van der Waals surface area contributed by atoms with Crippen molar-refractivity contribution in [3.05, 3.63) is 12.3 Å². The molecule has 0 saturated heterocycles. The van der Waals surface area contributed by atoms with Crippen LogP contribution >= 0.6 is 22.9 Å². The largest absolute Gasteiger partial charge is 0.310 e. The first-order valence-electron chi connectivity index (χ1n) is 2.94. The van der Waals surface area contributed by atoms with Gasteiger partial charge in [-0.05, 0) is 6.07 Å². The Morgan fingerprint density at radius 3 is 3.27 bits per heavy atom. The Balaban J connectivity index is 2.66. The Morgan fingerprint density at radius 1 is 1.55 bits per heavy atom. The molecule has 0 bridgehead atoms. The zero-order valence-corrected chi connectivity index (χ0v) is 7.53. The molecule has 0 atom stereocenters. The van der Waals surface area contributed by atoms with Crippen LogP contribution in [0.2, 0.25) is 0 Å². The Bertz CT molecular complexity index is 332. The van der Waals surface area contributed by atoms with Crippen LogP contribution in [-0.2, 0) is 0 Å². The number of aromatic nitrogens is 4. The average Bonchev–Trinajstić information content (AvgIpc) is 2.50. The van der Waals surface area contributed by atoms with Crippen molar-refractivity contribution in [3.8, 4) is 11.4 Å². The molecule has 0 unspecified atom stereocenters. The molecule has 0 radical (unpaired) electrons. The van der Waals surface area contributed by atoms with Crippen LogP contribution in [0.4, 0.5) is 5.82 Å². The summed E-state index contributed by atoms with van der Waals surface area (Å²) in [6.07, 6.45) is 1.71. The topological polar surface area (TPSA) is 66.5 Å². The standard InChI is InChI=1S/C5H4IN5/c6-8-5-4-3(1-2-7-4)9-11-10-5/h1-2,8H,(H,9,10). The second-order valence-electron chi connectivity index (χ2n) is 1.96. The van der Waals surface area contributed by atoms with Gasteiger partial charge in [0.15, 0.2) is 5.82 Å². The molecule has 0 amide bonds. The zero-order valence-electron chi connectivity index (χ0n) is 5.37. The van der Waals surface area contributed by atoms with Crippen LogP contribution in [0.25, 0.3) is 11.4 Å². The van der Waals surface area contributed by atoms with Crippen LogP contribution in [0.15, 0.2) is 12.3 Å². The van der Waals surface area contributed by atoms with E-state index < -0.39 is 0 Å². The number of aromatic amines is 1. The van der Waals surface area contributed by atoms with Gasteiger partial charge in [-0.3, -0.25) is 10.1 Å². The van der Waals surface area contributed by atoms with E-state index in [2.05, 4.69) is 23.9 Å². The molecule has 0 fully saturated rings. The summed E-state index contributed by atoms with van der Waals surface area (Å²) in [6, 6.07) is 1.85. The molecule has 56 valence electrons. The third-order valence-corrected chi connectivity index (χ3v) is 1.85. The predicted octanol–water partition coefficient (Wildman–Crippen LogP) is 1.07. The van der Waals surface area contributed by atoms with Gasteiger partial charge < -0.3 is 3.53 Å². The third kappa shape index (κ3) is 1.02. The number of nitrogens with zero attached hydrogens (tertiary/aromatic N) is 3. The van der Waals surface area contributed by atoms with E-state index in [9.17, 15) is 0 Å². The van der Waals surface area contributed by atoms with E-state index in [0.29, 0.717) is 5.82 Å². The fraction of sp³-hybridized carbons (Fsp3) is 0. The molecule has 0 aromatic rings. The molecule has 0 spiro atoms. The summed E-state index contributed by atoms with van der Waals surface area (Å²) in [4.78, 5) is 4.09. The molecule has 0 saturated carbocycles. The Labute approximate surface area is 76.4 Å². The van der Waals surface area contributed by atoms with E-state index in [-0.39, 0.29) is 0 Å². The summed E-state index contributed by atoms with van der Waals surface area (Å²) in [5.41, 5.74) is 1.70. The number of nitrogens with one attached hydrogen (secondary N) is 2. The zero-order chi connectivity index (χ0) is 7.68. The van der Waals surface area contributed by atoms with Crippen molar-refractivity contribution < 1.29 is 0 Å². The van der Waals surface area contributed by atoms with Crippen molar-refractivity contribution in [3.63, 3.8) is 0 Å². The summed E-state index contributed by atoms with van der Waals surface area (Å²) in [5.74, 6) is 0.685. The molecule has 11 heavy (non-hydrogen) atoms. The predicted molar refractivity (Wildman–Crippen MR) is 48.4 cm³/mol. The molecular formula is C5H4IN5. The first-order chi connectivity index (χ1) is 5.42. The molecule has 0 aromatic carbocycles. The lowest BCUT2D eigenvalue weighted by Gasteiger charge is -1.99.